The molecule has 0 aromatic heterocycles. The van der Waals surface area contributed by atoms with Crippen LogP contribution in [0.4, 0.5) is 11.4 Å². The van der Waals surface area contributed by atoms with Crippen LogP contribution in [0.2, 0.25) is 5.02 Å². The number of benzene rings is 3. The Morgan fingerprint density at radius 2 is 1.66 bits per heavy atom. The molecule has 2 N–H and O–H groups in total. The summed E-state index contributed by atoms with van der Waals surface area (Å²) in [6.45, 7) is 4.64. The number of amides is 1. The van der Waals surface area contributed by atoms with Crippen molar-refractivity contribution in [1.82, 2.24) is 10.2 Å². The van der Waals surface area contributed by atoms with E-state index in [4.69, 9.17) is 16.3 Å². The highest BCUT2D eigenvalue weighted by atomic mass is 35.5. The van der Waals surface area contributed by atoms with Crippen LogP contribution in [0, 0.1) is 10.1 Å². The normalized spacial score (nSPS) is 13.9. The summed E-state index contributed by atoms with van der Waals surface area (Å²) in [5.41, 5.74) is 3.35. The Morgan fingerprint density at radius 1 is 0.971 bits per heavy atom. The zero-order valence-electron chi connectivity index (χ0n) is 19.2. The van der Waals surface area contributed by atoms with Gasteiger partial charge in [-0.25, -0.2) is 0 Å². The maximum Gasteiger partial charge on any atom is 0.293 e. The van der Waals surface area contributed by atoms with E-state index in [-0.39, 0.29) is 17.2 Å². The van der Waals surface area contributed by atoms with Crippen LogP contribution in [-0.2, 0) is 24.4 Å². The van der Waals surface area contributed by atoms with Crippen LogP contribution in [0.15, 0.2) is 66.7 Å². The van der Waals surface area contributed by atoms with Gasteiger partial charge in [-0.1, -0.05) is 54.1 Å². The number of hydrogen-bond donors (Lipinski definition) is 2. The Labute approximate surface area is 209 Å². The topological polar surface area (TPSA) is 96.7 Å². The third-order valence-corrected chi connectivity index (χ3v) is 6.31. The minimum Gasteiger partial charge on any atom is -0.379 e. The second kappa shape index (κ2) is 11.8. The van der Waals surface area contributed by atoms with Gasteiger partial charge in [0, 0.05) is 49.4 Å². The minimum atomic E-state index is -0.497. The molecule has 1 aliphatic heterocycles. The van der Waals surface area contributed by atoms with E-state index in [0.29, 0.717) is 23.8 Å². The Hall–Kier alpha value is -3.46. The summed E-state index contributed by atoms with van der Waals surface area (Å²) in [4.78, 5) is 26.3. The van der Waals surface area contributed by atoms with E-state index in [1.807, 2.05) is 36.4 Å². The number of morpholine rings is 1. The summed E-state index contributed by atoms with van der Waals surface area (Å²) in [5.74, 6) is -0.369. The van der Waals surface area contributed by atoms with Crippen LogP contribution in [0.1, 0.15) is 27.0 Å². The number of rotatable bonds is 9. The lowest BCUT2D eigenvalue weighted by Crippen LogP contribution is -2.36. The molecule has 1 saturated heterocycles. The molecule has 3 aromatic carbocycles. The maximum absolute atomic E-state index is 12.8. The van der Waals surface area contributed by atoms with Gasteiger partial charge in [0.25, 0.3) is 11.6 Å². The average Bonchev–Trinajstić information content (AvgIpc) is 2.88. The summed E-state index contributed by atoms with van der Waals surface area (Å²) in [6.07, 6.45) is 0. The first-order valence-electron chi connectivity index (χ1n) is 11.4. The second-order valence-corrected chi connectivity index (χ2v) is 8.68. The van der Waals surface area contributed by atoms with Gasteiger partial charge in [0.15, 0.2) is 0 Å². The number of halogens is 1. The van der Waals surface area contributed by atoms with Crippen LogP contribution in [-0.4, -0.2) is 42.0 Å². The predicted octanol–water partition coefficient (Wildman–Crippen LogP) is 4.62. The fraction of sp³-hybridized carbons (Fsp3) is 0.269. The van der Waals surface area contributed by atoms with E-state index in [1.54, 1.807) is 18.2 Å². The number of ether oxygens (including phenoxy) is 1. The highest BCUT2D eigenvalue weighted by Gasteiger charge is 2.18. The van der Waals surface area contributed by atoms with Crippen molar-refractivity contribution in [3.8, 4) is 0 Å². The van der Waals surface area contributed by atoms with Crippen molar-refractivity contribution in [1.29, 1.82) is 0 Å². The smallest absolute Gasteiger partial charge is 0.293 e. The van der Waals surface area contributed by atoms with Crippen molar-refractivity contribution in [2.75, 3.05) is 31.6 Å². The van der Waals surface area contributed by atoms with E-state index < -0.39 is 4.92 Å². The molecular formula is C26H27ClN4O4. The second-order valence-electron chi connectivity index (χ2n) is 8.27. The van der Waals surface area contributed by atoms with Crippen molar-refractivity contribution in [3.05, 3.63) is 104 Å². The molecule has 1 amide bonds. The molecule has 0 saturated carbocycles. The number of nitrogens with one attached hydrogen (secondary N) is 2. The van der Waals surface area contributed by atoms with Gasteiger partial charge in [0.05, 0.1) is 18.1 Å². The van der Waals surface area contributed by atoms with Crippen molar-refractivity contribution in [3.63, 3.8) is 0 Å². The van der Waals surface area contributed by atoms with Gasteiger partial charge in [-0.2, -0.15) is 0 Å². The molecule has 35 heavy (non-hydrogen) atoms. The first-order valence-corrected chi connectivity index (χ1v) is 11.8. The van der Waals surface area contributed by atoms with Crippen LogP contribution in [0.3, 0.4) is 0 Å². The lowest BCUT2D eigenvalue weighted by atomic mass is 10.1. The van der Waals surface area contributed by atoms with E-state index in [1.165, 1.54) is 6.07 Å². The van der Waals surface area contributed by atoms with Gasteiger partial charge in [-0.3, -0.25) is 19.8 Å². The Morgan fingerprint density at radius 3 is 2.37 bits per heavy atom. The Kier molecular flexibility index (Phi) is 8.31. The predicted molar refractivity (Wildman–Crippen MR) is 136 cm³/mol. The van der Waals surface area contributed by atoms with E-state index in [9.17, 15) is 14.9 Å². The van der Waals surface area contributed by atoms with Gasteiger partial charge in [0.1, 0.15) is 5.69 Å². The van der Waals surface area contributed by atoms with E-state index in [2.05, 4.69) is 21.6 Å². The number of hydrogen-bond acceptors (Lipinski definition) is 6. The zero-order valence-corrected chi connectivity index (χ0v) is 20.0. The van der Waals surface area contributed by atoms with Crippen molar-refractivity contribution < 1.29 is 14.5 Å². The molecule has 0 aliphatic carbocycles. The highest BCUT2D eigenvalue weighted by molar-refractivity contribution is 6.31. The average molecular weight is 495 g/mol. The van der Waals surface area contributed by atoms with Gasteiger partial charge in [0.2, 0.25) is 0 Å². The number of nitro groups is 1. The molecule has 1 fully saturated rings. The Bertz CT molecular complexity index is 1200. The summed E-state index contributed by atoms with van der Waals surface area (Å²) in [7, 11) is 0. The van der Waals surface area contributed by atoms with Crippen molar-refractivity contribution in [2.24, 2.45) is 0 Å². The SMILES string of the molecule is O=C(NCc1ccccc1CN1CCOCC1)c1ccc(NCc2ccccc2Cl)c([N+](=O)[O-])c1. The largest absolute Gasteiger partial charge is 0.379 e. The van der Waals surface area contributed by atoms with Crippen molar-refractivity contribution in [2.45, 2.75) is 19.6 Å². The van der Waals surface area contributed by atoms with Crippen LogP contribution >= 0.6 is 11.6 Å². The molecule has 4 rings (SSSR count). The first kappa shape index (κ1) is 24.7. The van der Waals surface area contributed by atoms with Gasteiger partial charge < -0.3 is 15.4 Å². The molecule has 0 radical (unpaired) electrons. The van der Waals surface area contributed by atoms with Crippen molar-refractivity contribution >= 4 is 28.9 Å². The molecule has 0 spiro atoms. The lowest BCUT2D eigenvalue weighted by Gasteiger charge is -2.27. The molecule has 0 bridgehead atoms. The molecule has 8 nitrogen and oxygen atoms in total. The molecule has 0 unspecified atom stereocenters. The van der Waals surface area contributed by atoms with E-state index >= 15 is 0 Å². The maximum atomic E-state index is 12.8. The molecule has 1 aliphatic rings. The third kappa shape index (κ3) is 6.57. The molecule has 0 atom stereocenters. The molecule has 182 valence electrons. The number of anilines is 1. The van der Waals surface area contributed by atoms with E-state index in [0.717, 1.165) is 49.5 Å². The summed E-state index contributed by atoms with van der Waals surface area (Å²) in [6, 6.07) is 19.7. The lowest BCUT2D eigenvalue weighted by molar-refractivity contribution is -0.384. The van der Waals surface area contributed by atoms with Gasteiger partial charge >= 0.3 is 0 Å². The third-order valence-electron chi connectivity index (χ3n) is 5.94. The highest BCUT2D eigenvalue weighted by Crippen LogP contribution is 2.27. The molecular weight excluding hydrogens is 468 g/mol. The fourth-order valence-electron chi connectivity index (χ4n) is 3.97. The number of nitrogens with zero attached hydrogens (tertiary/aromatic N) is 2. The molecule has 9 heteroatoms. The van der Waals surface area contributed by atoms with Crippen LogP contribution in [0.25, 0.3) is 0 Å². The summed E-state index contributed by atoms with van der Waals surface area (Å²) >= 11 is 6.18. The number of nitro benzene ring substituents is 1. The molecule has 1 heterocycles. The standard InChI is InChI=1S/C26H27ClN4O4/c27-23-8-4-3-6-21(23)17-28-24-10-9-19(15-25(24)31(33)34)26(32)29-16-20-5-1-2-7-22(20)18-30-11-13-35-14-12-30/h1-10,15,28H,11-14,16-18H2,(H,29,32). The first-order chi connectivity index (χ1) is 17.0. The molecule has 3 aromatic rings. The number of carbonyl (C=O) groups excluding carboxylic acids is 1. The quantitative estimate of drug-likeness (QED) is 0.333. The monoisotopic (exact) mass is 494 g/mol. The Balaban J connectivity index is 1.42. The minimum absolute atomic E-state index is 0.169. The van der Waals surface area contributed by atoms with Gasteiger partial charge in [-0.05, 0) is 34.9 Å². The van der Waals surface area contributed by atoms with Crippen LogP contribution in [0.5, 0.6) is 0 Å². The summed E-state index contributed by atoms with van der Waals surface area (Å²) < 4.78 is 5.42. The van der Waals surface area contributed by atoms with Crippen LogP contribution < -0.4 is 10.6 Å². The zero-order chi connectivity index (χ0) is 24.6. The van der Waals surface area contributed by atoms with Gasteiger partial charge in [-0.15, -0.1) is 0 Å². The summed E-state index contributed by atoms with van der Waals surface area (Å²) in [5, 5.41) is 18.2. The number of carbonyl (C=O) groups is 1. The fourth-order valence-corrected chi connectivity index (χ4v) is 4.17.